The monoisotopic (exact) mass is 317 g/mol. The minimum Gasteiger partial charge on any atom is -0.493 e. The highest BCUT2D eigenvalue weighted by Crippen LogP contribution is 2.31. The Bertz CT molecular complexity index is 613. The van der Waals surface area contributed by atoms with Gasteiger partial charge in [-0.1, -0.05) is 12.1 Å². The summed E-state index contributed by atoms with van der Waals surface area (Å²) in [5, 5.41) is 7.35. The van der Waals surface area contributed by atoms with Gasteiger partial charge in [0, 0.05) is 19.2 Å². The average molecular weight is 317 g/mol. The SMILES string of the molecule is COc1cccc(CN(C)S(=O)(=O)C(C)C(=O)O)c1OC. The van der Waals surface area contributed by atoms with Crippen LogP contribution in [0.2, 0.25) is 0 Å². The molecule has 1 aromatic carbocycles. The van der Waals surface area contributed by atoms with Crippen molar-refractivity contribution in [3.05, 3.63) is 23.8 Å². The van der Waals surface area contributed by atoms with Crippen LogP contribution in [0.3, 0.4) is 0 Å². The second-order valence-electron chi connectivity index (χ2n) is 4.43. The topological polar surface area (TPSA) is 93.1 Å². The molecular formula is C13H19NO6S. The van der Waals surface area contributed by atoms with E-state index in [0.29, 0.717) is 17.1 Å². The predicted octanol–water partition coefficient (Wildman–Crippen LogP) is 0.939. The molecule has 0 bridgehead atoms. The van der Waals surface area contributed by atoms with Crippen molar-refractivity contribution < 1.29 is 27.8 Å². The van der Waals surface area contributed by atoms with Gasteiger partial charge >= 0.3 is 5.97 Å². The average Bonchev–Trinajstić information content (AvgIpc) is 2.45. The lowest BCUT2D eigenvalue weighted by molar-refractivity contribution is -0.136. The fraction of sp³-hybridized carbons (Fsp3) is 0.462. The first-order valence-corrected chi connectivity index (χ1v) is 7.63. The lowest BCUT2D eigenvalue weighted by Gasteiger charge is -2.21. The maximum Gasteiger partial charge on any atom is 0.323 e. The highest BCUT2D eigenvalue weighted by atomic mass is 32.2. The van der Waals surface area contributed by atoms with Gasteiger partial charge in [0.25, 0.3) is 0 Å². The summed E-state index contributed by atoms with van der Waals surface area (Å²) in [6.07, 6.45) is 0. The number of sulfonamides is 1. The van der Waals surface area contributed by atoms with Crippen LogP contribution < -0.4 is 9.47 Å². The van der Waals surface area contributed by atoms with Crippen LogP contribution in [0.5, 0.6) is 11.5 Å². The summed E-state index contributed by atoms with van der Waals surface area (Å²) in [4.78, 5) is 10.9. The first-order chi connectivity index (χ1) is 9.75. The standard InChI is InChI=1S/C13H19NO6S/c1-9(13(15)16)21(17,18)14(2)8-10-6-5-7-11(19-3)12(10)20-4/h5-7,9H,8H2,1-4H3,(H,15,16). The maximum atomic E-state index is 12.1. The number of hydrogen-bond donors (Lipinski definition) is 1. The molecule has 0 aromatic heterocycles. The van der Waals surface area contributed by atoms with Gasteiger partial charge in [-0.05, 0) is 13.0 Å². The molecule has 1 aromatic rings. The molecule has 8 heteroatoms. The fourth-order valence-corrected chi connectivity index (χ4v) is 2.92. The van der Waals surface area contributed by atoms with E-state index in [9.17, 15) is 13.2 Å². The van der Waals surface area contributed by atoms with Crippen LogP contribution in [-0.2, 0) is 21.4 Å². The molecule has 21 heavy (non-hydrogen) atoms. The third-order valence-electron chi connectivity index (χ3n) is 3.11. The number of carbonyl (C=O) groups is 1. The van der Waals surface area contributed by atoms with Crippen LogP contribution in [0.4, 0.5) is 0 Å². The number of aliphatic carboxylic acids is 1. The fourth-order valence-electron chi connectivity index (χ4n) is 1.81. The van der Waals surface area contributed by atoms with Crippen molar-refractivity contribution in [3.8, 4) is 11.5 Å². The van der Waals surface area contributed by atoms with E-state index >= 15 is 0 Å². The first-order valence-electron chi connectivity index (χ1n) is 6.13. The molecule has 0 aliphatic carbocycles. The number of para-hydroxylation sites is 1. The first kappa shape index (κ1) is 17.3. The van der Waals surface area contributed by atoms with Crippen molar-refractivity contribution in [2.24, 2.45) is 0 Å². The normalized spacial score (nSPS) is 13.0. The van der Waals surface area contributed by atoms with Crippen molar-refractivity contribution in [1.82, 2.24) is 4.31 Å². The number of methoxy groups -OCH3 is 2. The summed E-state index contributed by atoms with van der Waals surface area (Å²) in [6, 6.07) is 5.09. The van der Waals surface area contributed by atoms with Crippen molar-refractivity contribution >= 4 is 16.0 Å². The molecule has 1 unspecified atom stereocenters. The predicted molar refractivity (Wildman–Crippen MR) is 77.0 cm³/mol. The van der Waals surface area contributed by atoms with Gasteiger partial charge in [-0.2, -0.15) is 4.31 Å². The zero-order valence-corrected chi connectivity index (χ0v) is 13.2. The molecule has 0 aliphatic rings. The summed E-state index contributed by atoms with van der Waals surface area (Å²) in [5.74, 6) is -0.489. The molecule has 0 fully saturated rings. The molecule has 0 spiro atoms. The Morgan fingerprint density at radius 2 is 1.95 bits per heavy atom. The summed E-state index contributed by atoms with van der Waals surface area (Å²) < 4.78 is 35.6. The van der Waals surface area contributed by atoms with E-state index < -0.39 is 21.2 Å². The second kappa shape index (κ2) is 6.77. The molecule has 0 radical (unpaired) electrons. The zero-order valence-electron chi connectivity index (χ0n) is 12.4. The third kappa shape index (κ3) is 3.64. The van der Waals surface area contributed by atoms with Crippen LogP contribution in [-0.4, -0.2) is 50.3 Å². The van der Waals surface area contributed by atoms with Crippen LogP contribution in [0, 0.1) is 0 Å². The molecule has 1 N–H and O–H groups in total. The third-order valence-corrected chi connectivity index (χ3v) is 5.20. The smallest absolute Gasteiger partial charge is 0.323 e. The number of carboxylic acid groups (broad SMARTS) is 1. The van der Waals surface area contributed by atoms with Gasteiger partial charge in [0.1, 0.15) is 0 Å². The van der Waals surface area contributed by atoms with Crippen molar-refractivity contribution in [2.75, 3.05) is 21.3 Å². The maximum absolute atomic E-state index is 12.1. The molecule has 1 atom stereocenters. The molecule has 0 amide bonds. The molecule has 0 saturated carbocycles. The van der Waals surface area contributed by atoms with Gasteiger partial charge in [-0.3, -0.25) is 4.79 Å². The second-order valence-corrected chi connectivity index (χ2v) is 6.79. The Morgan fingerprint density at radius 1 is 1.33 bits per heavy atom. The molecular weight excluding hydrogens is 298 g/mol. The van der Waals surface area contributed by atoms with E-state index in [0.717, 1.165) is 11.2 Å². The molecule has 0 heterocycles. The number of ether oxygens (including phenoxy) is 2. The lowest BCUT2D eigenvalue weighted by Crippen LogP contribution is -2.38. The summed E-state index contributed by atoms with van der Waals surface area (Å²) in [5.41, 5.74) is 0.584. The minimum absolute atomic E-state index is 0.0136. The van der Waals surface area contributed by atoms with Crippen LogP contribution >= 0.6 is 0 Å². The largest absolute Gasteiger partial charge is 0.493 e. The lowest BCUT2D eigenvalue weighted by atomic mass is 10.2. The molecule has 0 saturated heterocycles. The van der Waals surface area contributed by atoms with Crippen molar-refractivity contribution in [3.63, 3.8) is 0 Å². The van der Waals surface area contributed by atoms with E-state index in [1.54, 1.807) is 18.2 Å². The Labute approximate surface area is 124 Å². The van der Waals surface area contributed by atoms with E-state index in [1.165, 1.54) is 21.3 Å². The van der Waals surface area contributed by atoms with Gasteiger partial charge in [0.05, 0.1) is 14.2 Å². The van der Waals surface area contributed by atoms with Crippen molar-refractivity contribution in [2.45, 2.75) is 18.7 Å². The molecule has 118 valence electrons. The number of rotatable bonds is 7. The van der Waals surface area contributed by atoms with Crippen LogP contribution in [0.1, 0.15) is 12.5 Å². The highest BCUT2D eigenvalue weighted by molar-refractivity contribution is 7.90. The number of carboxylic acids is 1. The molecule has 1 rings (SSSR count). The van der Waals surface area contributed by atoms with Gasteiger partial charge in [-0.15, -0.1) is 0 Å². The molecule has 0 aliphatic heterocycles. The van der Waals surface area contributed by atoms with Gasteiger partial charge < -0.3 is 14.6 Å². The number of hydrogen-bond acceptors (Lipinski definition) is 5. The van der Waals surface area contributed by atoms with Gasteiger partial charge in [0.15, 0.2) is 16.7 Å². The summed E-state index contributed by atoms with van der Waals surface area (Å²) in [6.45, 7) is 1.12. The summed E-state index contributed by atoms with van der Waals surface area (Å²) >= 11 is 0. The Kier molecular flexibility index (Phi) is 5.56. The number of benzene rings is 1. The van der Waals surface area contributed by atoms with E-state index in [4.69, 9.17) is 14.6 Å². The van der Waals surface area contributed by atoms with Crippen LogP contribution in [0.15, 0.2) is 18.2 Å². The van der Waals surface area contributed by atoms with Crippen molar-refractivity contribution in [1.29, 1.82) is 0 Å². The molecule has 7 nitrogen and oxygen atoms in total. The zero-order chi connectivity index (χ0) is 16.2. The van der Waals surface area contributed by atoms with E-state index in [-0.39, 0.29) is 6.54 Å². The van der Waals surface area contributed by atoms with Gasteiger partial charge in [0.2, 0.25) is 10.0 Å². The van der Waals surface area contributed by atoms with Gasteiger partial charge in [-0.25, -0.2) is 8.42 Å². The van der Waals surface area contributed by atoms with E-state index in [1.807, 2.05) is 0 Å². The quantitative estimate of drug-likeness (QED) is 0.804. The Hall–Kier alpha value is -1.80. The Balaban J connectivity index is 3.09. The van der Waals surface area contributed by atoms with Crippen LogP contribution in [0.25, 0.3) is 0 Å². The minimum atomic E-state index is -3.94. The summed E-state index contributed by atoms with van der Waals surface area (Å²) in [7, 11) is 0.318. The Morgan fingerprint density at radius 3 is 2.43 bits per heavy atom. The van der Waals surface area contributed by atoms with E-state index in [2.05, 4.69) is 0 Å². The number of nitrogens with zero attached hydrogens (tertiary/aromatic N) is 1. The highest BCUT2D eigenvalue weighted by Gasteiger charge is 2.32.